The van der Waals surface area contributed by atoms with Gasteiger partial charge in [0.15, 0.2) is 0 Å². The van der Waals surface area contributed by atoms with Crippen LogP contribution in [0.3, 0.4) is 0 Å². The molecule has 3 nitrogen and oxygen atoms in total. The fourth-order valence-electron chi connectivity index (χ4n) is 1.18. The Morgan fingerprint density at radius 2 is 2.00 bits per heavy atom. The number of carbonyl (C=O) groups is 1. The molecule has 17 heavy (non-hydrogen) atoms. The lowest BCUT2D eigenvalue weighted by Gasteiger charge is -2.09. The average Bonchev–Trinajstić information content (AvgIpc) is 2.30. The van der Waals surface area contributed by atoms with Gasteiger partial charge in [-0.25, -0.2) is 4.79 Å². The molecule has 0 radical (unpaired) electrons. The Morgan fingerprint density at radius 1 is 1.35 bits per heavy atom. The van der Waals surface area contributed by atoms with Crippen LogP contribution in [0.2, 0.25) is 0 Å². The molecule has 0 aliphatic carbocycles. The van der Waals surface area contributed by atoms with Gasteiger partial charge in [0, 0.05) is 5.57 Å². The maximum atomic E-state index is 11.0. The first-order valence-corrected chi connectivity index (χ1v) is 5.56. The van der Waals surface area contributed by atoms with E-state index in [9.17, 15) is 4.79 Å². The van der Waals surface area contributed by atoms with Crippen LogP contribution in [0.1, 0.15) is 27.2 Å². The van der Waals surface area contributed by atoms with Gasteiger partial charge in [0.2, 0.25) is 0 Å². The summed E-state index contributed by atoms with van der Waals surface area (Å²) >= 11 is 0. The normalized spacial score (nSPS) is 13.5. The molecule has 0 saturated heterocycles. The van der Waals surface area contributed by atoms with Crippen molar-refractivity contribution >= 4 is 5.97 Å². The summed E-state index contributed by atoms with van der Waals surface area (Å²) < 4.78 is 5.44. The van der Waals surface area contributed by atoms with Crippen LogP contribution in [0.25, 0.3) is 0 Å². The molecule has 0 amide bonds. The van der Waals surface area contributed by atoms with Crippen LogP contribution in [0.5, 0.6) is 0 Å². The van der Waals surface area contributed by atoms with E-state index in [1.54, 1.807) is 13.8 Å². The first-order valence-electron chi connectivity index (χ1n) is 5.56. The molecule has 0 rings (SSSR count). The zero-order valence-electron chi connectivity index (χ0n) is 10.7. The molecular weight excluding hydrogens is 216 g/mol. The second kappa shape index (κ2) is 8.39. The molecule has 0 aromatic carbocycles. The van der Waals surface area contributed by atoms with E-state index in [0.717, 1.165) is 6.42 Å². The summed E-state index contributed by atoms with van der Waals surface area (Å²) in [4.78, 5) is 11.0. The van der Waals surface area contributed by atoms with Gasteiger partial charge in [0.05, 0.1) is 11.3 Å². The van der Waals surface area contributed by atoms with E-state index in [1.165, 1.54) is 12.2 Å². The monoisotopic (exact) mass is 236 g/mol. The van der Waals surface area contributed by atoms with Crippen molar-refractivity contribution in [3.8, 4) is 0 Å². The van der Waals surface area contributed by atoms with Crippen molar-refractivity contribution in [2.45, 2.75) is 27.2 Å². The largest absolute Gasteiger partial charge is 0.494 e. The molecule has 0 aromatic heterocycles. The van der Waals surface area contributed by atoms with Crippen LogP contribution >= 0.6 is 0 Å². The summed E-state index contributed by atoms with van der Waals surface area (Å²) in [5.74, 6) is -0.365. The zero-order valence-corrected chi connectivity index (χ0v) is 10.7. The van der Waals surface area contributed by atoms with Crippen LogP contribution in [0.4, 0.5) is 0 Å². The second-order valence-electron chi connectivity index (χ2n) is 3.49. The van der Waals surface area contributed by atoms with Crippen LogP contribution in [0.15, 0.2) is 47.8 Å². The van der Waals surface area contributed by atoms with Crippen LogP contribution in [-0.4, -0.2) is 17.7 Å². The third-order valence-electron chi connectivity index (χ3n) is 2.25. The highest BCUT2D eigenvalue weighted by Gasteiger charge is 2.11. The molecular formula is C14H20O3. The number of ether oxygens (including phenoxy) is 1. The lowest BCUT2D eigenvalue weighted by atomic mass is 10.1. The Labute approximate surface area is 103 Å². The SMILES string of the molecule is C=C/C=C(C(=O)O)\C(C)=C(/C)OC/C=C\CC. The quantitative estimate of drug-likeness (QED) is 0.319. The lowest BCUT2D eigenvalue weighted by molar-refractivity contribution is -0.132. The molecule has 0 aliphatic heterocycles. The maximum absolute atomic E-state index is 11.0. The minimum absolute atomic E-state index is 0.206. The molecule has 94 valence electrons. The minimum atomic E-state index is -0.977. The molecule has 0 fully saturated rings. The van der Waals surface area contributed by atoms with Gasteiger partial charge in [-0.3, -0.25) is 0 Å². The van der Waals surface area contributed by atoms with Gasteiger partial charge >= 0.3 is 5.97 Å². The summed E-state index contributed by atoms with van der Waals surface area (Å²) in [6.07, 6.45) is 7.79. The average molecular weight is 236 g/mol. The van der Waals surface area contributed by atoms with E-state index in [1.807, 2.05) is 19.1 Å². The summed E-state index contributed by atoms with van der Waals surface area (Å²) in [5.41, 5.74) is 0.819. The first-order chi connectivity index (χ1) is 8.04. The maximum Gasteiger partial charge on any atom is 0.336 e. The van der Waals surface area contributed by atoms with Crippen molar-refractivity contribution in [1.82, 2.24) is 0 Å². The number of carboxylic acid groups (broad SMARTS) is 1. The summed E-state index contributed by atoms with van der Waals surface area (Å²) in [6, 6.07) is 0. The third-order valence-corrected chi connectivity index (χ3v) is 2.25. The molecule has 0 saturated carbocycles. The number of carboxylic acids is 1. The van der Waals surface area contributed by atoms with Crippen molar-refractivity contribution in [3.05, 3.63) is 47.8 Å². The number of allylic oxidation sites excluding steroid dienone is 4. The predicted octanol–water partition coefficient (Wildman–Crippen LogP) is 3.46. The van der Waals surface area contributed by atoms with Gasteiger partial charge in [-0.2, -0.15) is 0 Å². The number of rotatable bonds is 7. The van der Waals surface area contributed by atoms with Gasteiger partial charge in [0.25, 0.3) is 0 Å². The fraction of sp³-hybridized carbons (Fsp3) is 0.357. The zero-order chi connectivity index (χ0) is 13.3. The molecule has 0 aliphatic rings. The molecule has 0 heterocycles. The van der Waals surface area contributed by atoms with Crippen molar-refractivity contribution in [1.29, 1.82) is 0 Å². The molecule has 0 spiro atoms. The Hall–Kier alpha value is -1.77. The predicted molar refractivity (Wildman–Crippen MR) is 69.7 cm³/mol. The van der Waals surface area contributed by atoms with E-state index < -0.39 is 5.97 Å². The second-order valence-corrected chi connectivity index (χ2v) is 3.49. The molecule has 0 bridgehead atoms. The highest BCUT2D eigenvalue weighted by atomic mass is 16.5. The lowest BCUT2D eigenvalue weighted by Crippen LogP contribution is -2.04. The smallest absolute Gasteiger partial charge is 0.336 e. The Kier molecular flexibility index (Phi) is 7.52. The summed E-state index contributed by atoms with van der Waals surface area (Å²) in [7, 11) is 0. The van der Waals surface area contributed by atoms with Crippen LogP contribution in [-0.2, 0) is 9.53 Å². The summed E-state index contributed by atoms with van der Waals surface area (Å²) in [6.45, 7) is 9.48. The van der Waals surface area contributed by atoms with Gasteiger partial charge in [-0.15, -0.1) is 0 Å². The van der Waals surface area contributed by atoms with Crippen molar-refractivity contribution in [2.24, 2.45) is 0 Å². The van der Waals surface area contributed by atoms with E-state index >= 15 is 0 Å². The number of hydrogen-bond acceptors (Lipinski definition) is 2. The third kappa shape index (κ3) is 5.76. The van der Waals surface area contributed by atoms with Crippen molar-refractivity contribution < 1.29 is 14.6 Å². The highest BCUT2D eigenvalue weighted by molar-refractivity contribution is 5.92. The van der Waals surface area contributed by atoms with Crippen molar-refractivity contribution in [2.75, 3.05) is 6.61 Å². The van der Waals surface area contributed by atoms with E-state index in [2.05, 4.69) is 6.58 Å². The van der Waals surface area contributed by atoms with Crippen molar-refractivity contribution in [3.63, 3.8) is 0 Å². The van der Waals surface area contributed by atoms with Crippen LogP contribution < -0.4 is 0 Å². The highest BCUT2D eigenvalue weighted by Crippen LogP contribution is 2.15. The topological polar surface area (TPSA) is 46.5 Å². The molecule has 0 unspecified atom stereocenters. The standard InChI is InChI=1S/C14H20O3/c1-5-7-8-10-17-12(4)11(3)13(9-6-2)14(15)16/h6-9H,2,5,10H2,1,3-4H3,(H,15,16)/b8-7-,12-11+,13-9+. The van der Waals surface area contributed by atoms with Gasteiger partial charge in [-0.1, -0.05) is 31.7 Å². The summed E-state index contributed by atoms with van der Waals surface area (Å²) in [5, 5.41) is 9.01. The fourth-order valence-corrected chi connectivity index (χ4v) is 1.18. The Bertz CT molecular complexity index is 360. The minimum Gasteiger partial charge on any atom is -0.494 e. The number of aliphatic carboxylic acids is 1. The van der Waals surface area contributed by atoms with Gasteiger partial charge in [-0.05, 0) is 26.3 Å². The van der Waals surface area contributed by atoms with Gasteiger partial charge in [0.1, 0.15) is 6.61 Å². The van der Waals surface area contributed by atoms with E-state index in [4.69, 9.17) is 9.84 Å². The molecule has 1 N–H and O–H groups in total. The molecule has 3 heteroatoms. The molecule has 0 atom stereocenters. The molecule has 0 aromatic rings. The Morgan fingerprint density at radius 3 is 2.47 bits per heavy atom. The van der Waals surface area contributed by atoms with Crippen LogP contribution in [0, 0.1) is 0 Å². The number of hydrogen-bond donors (Lipinski definition) is 1. The van der Waals surface area contributed by atoms with E-state index in [0.29, 0.717) is 17.9 Å². The van der Waals surface area contributed by atoms with Gasteiger partial charge < -0.3 is 9.84 Å². The first kappa shape index (κ1) is 15.2. The van der Waals surface area contributed by atoms with E-state index in [-0.39, 0.29) is 5.57 Å². The Balaban J connectivity index is 4.76.